The number of thioether (sulfide) groups is 1. The van der Waals surface area contributed by atoms with Gasteiger partial charge in [-0.2, -0.15) is 0 Å². The first-order valence-corrected chi connectivity index (χ1v) is 9.51. The molecule has 6 nitrogen and oxygen atoms in total. The lowest BCUT2D eigenvalue weighted by Gasteiger charge is -2.17. The Labute approximate surface area is 162 Å². The number of methoxy groups -OCH3 is 1. The average molecular weight is 382 g/mol. The predicted molar refractivity (Wildman–Crippen MR) is 108 cm³/mol. The Bertz CT molecular complexity index is 954. The predicted octanol–water partition coefficient (Wildman–Crippen LogP) is 3.38. The summed E-state index contributed by atoms with van der Waals surface area (Å²) in [5.74, 6) is 1.20. The Hall–Kier alpha value is -2.80. The number of aromatic nitrogens is 3. The molecular weight excluding hydrogens is 360 g/mol. The van der Waals surface area contributed by atoms with E-state index in [0.29, 0.717) is 18.8 Å². The van der Waals surface area contributed by atoms with Gasteiger partial charge >= 0.3 is 0 Å². The number of carbonyl (C=O) groups excluding carboxylic acids is 1. The third kappa shape index (κ3) is 4.68. The molecule has 0 radical (unpaired) electrons. The number of carbonyl (C=O) groups is 1. The van der Waals surface area contributed by atoms with Gasteiger partial charge in [-0.15, -0.1) is 16.8 Å². The van der Waals surface area contributed by atoms with E-state index in [1.54, 1.807) is 24.4 Å². The number of nitrogens with zero attached hydrogens (tertiary/aromatic N) is 4. The molecule has 1 heterocycles. The van der Waals surface area contributed by atoms with Crippen LogP contribution in [0, 0.1) is 0 Å². The molecule has 0 spiro atoms. The van der Waals surface area contributed by atoms with Gasteiger partial charge in [0, 0.05) is 20.1 Å². The fraction of sp³-hybridized carbons (Fsp3) is 0.250. The molecule has 0 atom stereocenters. The van der Waals surface area contributed by atoms with Gasteiger partial charge in [0.25, 0.3) is 0 Å². The van der Waals surface area contributed by atoms with Gasteiger partial charge in [-0.05, 0) is 34.5 Å². The normalized spacial score (nSPS) is 10.7. The summed E-state index contributed by atoms with van der Waals surface area (Å²) < 4.78 is 7.12. The lowest BCUT2D eigenvalue weighted by Crippen LogP contribution is -2.27. The van der Waals surface area contributed by atoms with Crippen LogP contribution in [-0.4, -0.2) is 45.5 Å². The van der Waals surface area contributed by atoms with Gasteiger partial charge in [-0.25, -0.2) is 0 Å². The van der Waals surface area contributed by atoms with Crippen LogP contribution in [0.2, 0.25) is 0 Å². The van der Waals surface area contributed by atoms with Crippen LogP contribution in [-0.2, 0) is 17.9 Å². The number of hydrogen-bond donors (Lipinski definition) is 0. The van der Waals surface area contributed by atoms with Crippen molar-refractivity contribution in [1.29, 1.82) is 0 Å². The van der Waals surface area contributed by atoms with Crippen LogP contribution in [0.25, 0.3) is 10.8 Å². The molecule has 1 amide bonds. The lowest BCUT2D eigenvalue weighted by molar-refractivity contribution is -0.127. The van der Waals surface area contributed by atoms with Crippen molar-refractivity contribution < 1.29 is 9.53 Å². The molecule has 0 fully saturated rings. The molecule has 0 bridgehead atoms. The van der Waals surface area contributed by atoms with Crippen LogP contribution >= 0.6 is 11.8 Å². The minimum atomic E-state index is 0.0444. The Kier molecular flexibility index (Phi) is 6.13. The molecule has 0 aliphatic rings. The molecule has 7 heteroatoms. The highest BCUT2D eigenvalue weighted by Gasteiger charge is 2.13. The monoisotopic (exact) mass is 382 g/mol. The molecule has 0 unspecified atom stereocenters. The molecule has 0 aliphatic heterocycles. The maximum absolute atomic E-state index is 12.5. The van der Waals surface area contributed by atoms with Crippen molar-refractivity contribution in [2.45, 2.75) is 18.2 Å². The zero-order valence-electron chi connectivity index (χ0n) is 15.5. The molecule has 1 aromatic heterocycles. The summed E-state index contributed by atoms with van der Waals surface area (Å²) in [6.07, 6.45) is 3.42. The van der Waals surface area contributed by atoms with Crippen LogP contribution in [0.15, 0.2) is 60.5 Å². The molecule has 27 heavy (non-hydrogen) atoms. The summed E-state index contributed by atoms with van der Waals surface area (Å²) in [7, 11) is 3.48. The fourth-order valence-electron chi connectivity index (χ4n) is 2.72. The Balaban J connectivity index is 1.61. The van der Waals surface area contributed by atoms with Gasteiger partial charge < -0.3 is 14.2 Å². The molecule has 0 saturated carbocycles. The average Bonchev–Trinajstić information content (AvgIpc) is 3.13. The van der Waals surface area contributed by atoms with Crippen molar-refractivity contribution in [2.24, 2.45) is 0 Å². The maximum atomic E-state index is 12.5. The van der Waals surface area contributed by atoms with Crippen molar-refractivity contribution in [3.8, 4) is 5.75 Å². The molecule has 3 aromatic rings. The van der Waals surface area contributed by atoms with E-state index in [1.807, 2.05) is 35.9 Å². The molecule has 140 valence electrons. The van der Waals surface area contributed by atoms with Gasteiger partial charge in [0.15, 0.2) is 5.16 Å². The summed E-state index contributed by atoms with van der Waals surface area (Å²) in [6, 6.07) is 12.2. The van der Waals surface area contributed by atoms with Crippen LogP contribution < -0.4 is 4.74 Å². The highest BCUT2D eigenvalue weighted by molar-refractivity contribution is 7.99. The minimum absolute atomic E-state index is 0.0444. The van der Waals surface area contributed by atoms with E-state index in [9.17, 15) is 4.79 Å². The van der Waals surface area contributed by atoms with Gasteiger partial charge in [0.05, 0.1) is 12.9 Å². The number of hydrogen-bond acceptors (Lipinski definition) is 5. The first kappa shape index (κ1) is 19.0. The quantitative estimate of drug-likeness (QED) is 0.442. The largest absolute Gasteiger partial charge is 0.497 e. The van der Waals surface area contributed by atoms with E-state index in [1.165, 1.54) is 11.8 Å². The summed E-state index contributed by atoms with van der Waals surface area (Å²) in [6.45, 7) is 4.89. The van der Waals surface area contributed by atoms with E-state index < -0.39 is 0 Å². The van der Waals surface area contributed by atoms with E-state index in [4.69, 9.17) is 4.74 Å². The smallest absolute Gasteiger partial charge is 0.233 e. The van der Waals surface area contributed by atoms with Gasteiger partial charge in [0.1, 0.15) is 12.1 Å². The second-order valence-electron chi connectivity index (χ2n) is 6.14. The Morgan fingerprint density at radius 1 is 1.30 bits per heavy atom. The first-order chi connectivity index (χ1) is 13.1. The van der Waals surface area contributed by atoms with E-state index in [0.717, 1.165) is 27.2 Å². The van der Waals surface area contributed by atoms with Crippen molar-refractivity contribution in [3.05, 3.63) is 60.9 Å². The Morgan fingerprint density at radius 3 is 2.85 bits per heavy atom. The second-order valence-corrected chi connectivity index (χ2v) is 7.08. The van der Waals surface area contributed by atoms with Crippen LogP contribution in [0.3, 0.4) is 0 Å². The lowest BCUT2D eigenvalue weighted by atomic mass is 10.1. The van der Waals surface area contributed by atoms with Gasteiger partial charge in [-0.3, -0.25) is 4.79 Å². The number of rotatable bonds is 8. The van der Waals surface area contributed by atoms with Gasteiger partial charge in [0.2, 0.25) is 5.91 Å². The standard InChI is InChI=1S/C20H22N4O2S/c1-4-9-24-14-21-22-20(24)27-13-19(25)23(2)12-15-5-6-17-11-18(26-3)8-7-16(17)10-15/h4-8,10-11,14H,1,9,12-13H2,2-3H3. The summed E-state index contributed by atoms with van der Waals surface area (Å²) >= 11 is 1.38. The topological polar surface area (TPSA) is 60.2 Å². The first-order valence-electron chi connectivity index (χ1n) is 8.53. The molecule has 0 saturated heterocycles. The van der Waals surface area contributed by atoms with Crippen LogP contribution in [0.5, 0.6) is 5.75 Å². The third-order valence-electron chi connectivity index (χ3n) is 4.19. The zero-order chi connectivity index (χ0) is 19.2. The molecule has 0 N–H and O–H groups in total. The SMILES string of the molecule is C=CCn1cnnc1SCC(=O)N(C)Cc1ccc2cc(OC)ccc2c1. The van der Waals surface area contributed by atoms with Crippen LogP contribution in [0.4, 0.5) is 0 Å². The molecular formula is C20H22N4O2S. The highest BCUT2D eigenvalue weighted by atomic mass is 32.2. The Morgan fingerprint density at radius 2 is 2.07 bits per heavy atom. The third-order valence-corrected chi connectivity index (χ3v) is 5.15. The molecule has 3 rings (SSSR count). The van der Waals surface area contributed by atoms with Crippen molar-refractivity contribution >= 4 is 28.4 Å². The maximum Gasteiger partial charge on any atom is 0.233 e. The minimum Gasteiger partial charge on any atom is -0.497 e. The zero-order valence-corrected chi connectivity index (χ0v) is 16.3. The number of ether oxygens (including phenoxy) is 1. The van der Waals surface area contributed by atoms with Crippen molar-refractivity contribution in [2.75, 3.05) is 19.9 Å². The number of benzene rings is 2. The van der Waals surface area contributed by atoms with Crippen LogP contribution in [0.1, 0.15) is 5.56 Å². The van der Waals surface area contributed by atoms with Crippen molar-refractivity contribution in [1.82, 2.24) is 19.7 Å². The summed E-state index contributed by atoms with van der Waals surface area (Å²) in [5, 5.41) is 10.9. The summed E-state index contributed by atoms with van der Waals surface area (Å²) in [4.78, 5) is 14.2. The van der Waals surface area contributed by atoms with E-state index in [2.05, 4.69) is 28.9 Å². The molecule has 0 aliphatic carbocycles. The number of allylic oxidation sites excluding steroid dienone is 1. The fourth-order valence-corrected chi connectivity index (χ4v) is 3.58. The number of fused-ring (bicyclic) bond motifs is 1. The van der Waals surface area contributed by atoms with Crippen molar-refractivity contribution in [3.63, 3.8) is 0 Å². The van der Waals surface area contributed by atoms with E-state index >= 15 is 0 Å². The molecule has 2 aromatic carbocycles. The number of amides is 1. The summed E-state index contributed by atoms with van der Waals surface area (Å²) in [5.41, 5.74) is 1.09. The van der Waals surface area contributed by atoms with E-state index in [-0.39, 0.29) is 5.91 Å². The highest BCUT2D eigenvalue weighted by Crippen LogP contribution is 2.22. The van der Waals surface area contributed by atoms with Gasteiger partial charge in [-0.1, -0.05) is 36.0 Å². The second kappa shape index (κ2) is 8.73.